The number of hydrogen-bond acceptors (Lipinski definition) is 2. The van der Waals surface area contributed by atoms with Gasteiger partial charge in [0.15, 0.2) is 0 Å². The smallest absolute Gasteiger partial charge is 0.140 e. The highest BCUT2D eigenvalue weighted by Gasteiger charge is 2.27. The molecule has 2 rings (SSSR count). The summed E-state index contributed by atoms with van der Waals surface area (Å²) in [5.74, 6) is 0.179. The predicted octanol–water partition coefficient (Wildman–Crippen LogP) is 3.75. The van der Waals surface area contributed by atoms with E-state index in [2.05, 4.69) is 15.9 Å². The molecule has 0 unspecified atom stereocenters. The molecule has 2 nitrogen and oxygen atoms in total. The Bertz CT molecular complexity index is 422. The van der Waals surface area contributed by atoms with E-state index in [4.69, 9.17) is 4.74 Å². The molecule has 4 heteroatoms. The van der Waals surface area contributed by atoms with Crippen LogP contribution in [0.1, 0.15) is 38.7 Å². The summed E-state index contributed by atoms with van der Waals surface area (Å²) in [7, 11) is 0. The second-order valence-electron chi connectivity index (χ2n) is 4.99. The Hall–Kier alpha value is -0.610. The van der Waals surface area contributed by atoms with E-state index in [1.807, 2.05) is 0 Å². The normalized spacial score (nSPS) is 16.8. The van der Waals surface area contributed by atoms with E-state index in [9.17, 15) is 9.50 Å². The highest BCUT2D eigenvalue weighted by molar-refractivity contribution is 9.10. The number of halogens is 2. The van der Waals surface area contributed by atoms with Crippen LogP contribution in [0.2, 0.25) is 0 Å². The summed E-state index contributed by atoms with van der Waals surface area (Å²) in [5, 5.41) is 10.1. The second-order valence-corrected chi connectivity index (χ2v) is 5.85. The first-order valence-electron chi connectivity index (χ1n) is 5.76. The zero-order chi connectivity index (χ0) is 12.6. The lowest BCUT2D eigenvalue weighted by Crippen LogP contribution is -2.27. The van der Waals surface area contributed by atoms with Gasteiger partial charge in [-0.25, -0.2) is 4.39 Å². The molecule has 1 fully saturated rings. The van der Waals surface area contributed by atoms with Crippen molar-refractivity contribution in [3.63, 3.8) is 0 Å². The number of aliphatic hydroxyl groups is 1. The number of rotatable bonds is 3. The molecule has 94 valence electrons. The van der Waals surface area contributed by atoms with E-state index in [1.165, 1.54) is 18.6 Å². The monoisotopic (exact) mass is 302 g/mol. The molecular formula is C13H16BrFO2. The average Bonchev–Trinajstić information content (AvgIpc) is 2.11. The van der Waals surface area contributed by atoms with E-state index < -0.39 is 5.60 Å². The summed E-state index contributed by atoms with van der Waals surface area (Å²) in [6, 6.07) is 2.70. The van der Waals surface area contributed by atoms with Crippen LogP contribution in [0.25, 0.3) is 0 Å². The Morgan fingerprint density at radius 2 is 2.06 bits per heavy atom. The van der Waals surface area contributed by atoms with Crippen molar-refractivity contribution in [3.05, 3.63) is 28.0 Å². The Labute approximate surface area is 109 Å². The molecule has 1 aliphatic carbocycles. The molecule has 17 heavy (non-hydrogen) atoms. The van der Waals surface area contributed by atoms with Crippen molar-refractivity contribution in [2.75, 3.05) is 0 Å². The van der Waals surface area contributed by atoms with Crippen molar-refractivity contribution in [3.8, 4) is 5.75 Å². The molecule has 0 saturated heterocycles. The van der Waals surface area contributed by atoms with Crippen LogP contribution in [0.3, 0.4) is 0 Å². The van der Waals surface area contributed by atoms with Gasteiger partial charge in [0.25, 0.3) is 0 Å². The van der Waals surface area contributed by atoms with Gasteiger partial charge in [-0.3, -0.25) is 0 Å². The van der Waals surface area contributed by atoms with Gasteiger partial charge >= 0.3 is 0 Å². The Balaban J connectivity index is 2.39. The van der Waals surface area contributed by atoms with Crippen LogP contribution in [0, 0.1) is 5.82 Å². The molecule has 0 radical (unpaired) electrons. The van der Waals surface area contributed by atoms with E-state index in [-0.39, 0.29) is 11.9 Å². The molecule has 1 aliphatic rings. The van der Waals surface area contributed by atoms with E-state index in [0.717, 1.165) is 12.8 Å². The van der Waals surface area contributed by atoms with Gasteiger partial charge in [0, 0.05) is 5.56 Å². The average molecular weight is 303 g/mol. The van der Waals surface area contributed by atoms with Crippen molar-refractivity contribution in [2.24, 2.45) is 0 Å². The SMILES string of the molecule is CC(C)(O)c1cc(F)cc(Br)c1OC1CCC1. The molecule has 0 heterocycles. The zero-order valence-electron chi connectivity index (χ0n) is 9.96. The van der Waals surface area contributed by atoms with Crippen molar-refractivity contribution in [1.82, 2.24) is 0 Å². The van der Waals surface area contributed by atoms with Crippen LogP contribution in [0.4, 0.5) is 4.39 Å². The van der Waals surface area contributed by atoms with Gasteiger partial charge < -0.3 is 9.84 Å². The van der Waals surface area contributed by atoms with Crippen LogP contribution in [0.5, 0.6) is 5.75 Å². The van der Waals surface area contributed by atoms with Crippen LogP contribution in [-0.4, -0.2) is 11.2 Å². The fourth-order valence-corrected chi connectivity index (χ4v) is 2.32. The molecule has 0 atom stereocenters. The van der Waals surface area contributed by atoms with Crippen LogP contribution >= 0.6 is 15.9 Å². The van der Waals surface area contributed by atoms with Gasteiger partial charge in [-0.15, -0.1) is 0 Å². The maximum atomic E-state index is 13.4. The quantitative estimate of drug-likeness (QED) is 0.921. The van der Waals surface area contributed by atoms with Gasteiger partial charge in [-0.1, -0.05) is 0 Å². The third kappa shape index (κ3) is 2.80. The predicted molar refractivity (Wildman–Crippen MR) is 67.6 cm³/mol. The van der Waals surface area contributed by atoms with E-state index >= 15 is 0 Å². The number of benzene rings is 1. The zero-order valence-corrected chi connectivity index (χ0v) is 11.6. The third-order valence-electron chi connectivity index (χ3n) is 3.00. The molecule has 1 N–H and O–H groups in total. The summed E-state index contributed by atoms with van der Waals surface area (Å²) in [4.78, 5) is 0. The topological polar surface area (TPSA) is 29.5 Å². The first-order valence-corrected chi connectivity index (χ1v) is 6.56. The van der Waals surface area contributed by atoms with Crippen LogP contribution < -0.4 is 4.74 Å². The Morgan fingerprint density at radius 3 is 2.53 bits per heavy atom. The Morgan fingerprint density at radius 1 is 1.41 bits per heavy atom. The van der Waals surface area contributed by atoms with Crippen molar-refractivity contribution in [1.29, 1.82) is 0 Å². The summed E-state index contributed by atoms with van der Waals surface area (Å²) >= 11 is 3.30. The second kappa shape index (κ2) is 4.58. The fraction of sp³-hybridized carbons (Fsp3) is 0.538. The summed E-state index contributed by atoms with van der Waals surface area (Å²) < 4.78 is 19.8. The van der Waals surface area contributed by atoms with Crippen molar-refractivity contribution < 1.29 is 14.2 Å². The molecule has 1 aromatic carbocycles. The van der Waals surface area contributed by atoms with Gasteiger partial charge in [0.05, 0.1) is 16.2 Å². The highest BCUT2D eigenvalue weighted by Crippen LogP contribution is 2.39. The van der Waals surface area contributed by atoms with E-state index in [0.29, 0.717) is 15.8 Å². The van der Waals surface area contributed by atoms with Gasteiger partial charge in [0.1, 0.15) is 11.6 Å². The maximum absolute atomic E-state index is 13.4. The molecule has 0 aliphatic heterocycles. The third-order valence-corrected chi connectivity index (χ3v) is 3.59. The summed E-state index contributed by atoms with van der Waals surface area (Å²) in [6.45, 7) is 3.25. The highest BCUT2D eigenvalue weighted by atomic mass is 79.9. The van der Waals surface area contributed by atoms with Crippen LogP contribution in [0.15, 0.2) is 16.6 Å². The fourth-order valence-electron chi connectivity index (χ4n) is 1.79. The molecule has 0 bridgehead atoms. The minimum absolute atomic E-state index is 0.192. The standard InChI is InChI=1S/C13H16BrFO2/c1-13(2,16)10-6-8(15)7-11(14)12(10)17-9-4-3-5-9/h6-7,9,16H,3-5H2,1-2H3. The summed E-state index contributed by atoms with van der Waals surface area (Å²) in [5.41, 5.74) is -0.639. The number of ether oxygens (including phenoxy) is 1. The molecule has 0 amide bonds. The van der Waals surface area contributed by atoms with Crippen LogP contribution in [-0.2, 0) is 5.60 Å². The molecule has 1 saturated carbocycles. The minimum atomic E-state index is -1.12. The Kier molecular flexibility index (Phi) is 3.46. The summed E-state index contributed by atoms with van der Waals surface area (Å²) in [6.07, 6.45) is 3.41. The first kappa shape index (κ1) is 12.8. The lowest BCUT2D eigenvalue weighted by molar-refractivity contribution is 0.0646. The molecule has 0 spiro atoms. The van der Waals surface area contributed by atoms with Gasteiger partial charge in [-0.2, -0.15) is 0 Å². The maximum Gasteiger partial charge on any atom is 0.140 e. The number of hydrogen-bond donors (Lipinski definition) is 1. The largest absolute Gasteiger partial charge is 0.489 e. The van der Waals surface area contributed by atoms with Gasteiger partial charge in [-0.05, 0) is 61.2 Å². The molecule has 0 aromatic heterocycles. The van der Waals surface area contributed by atoms with Crippen molar-refractivity contribution >= 4 is 15.9 Å². The lowest BCUT2D eigenvalue weighted by atomic mass is 9.94. The first-order chi connectivity index (χ1) is 7.88. The molecular weight excluding hydrogens is 287 g/mol. The minimum Gasteiger partial charge on any atom is -0.489 e. The van der Waals surface area contributed by atoms with E-state index in [1.54, 1.807) is 13.8 Å². The molecule has 1 aromatic rings. The van der Waals surface area contributed by atoms with Crippen molar-refractivity contribution in [2.45, 2.75) is 44.8 Å². The van der Waals surface area contributed by atoms with Gasteiger partial charge in [0.2, 0.25) is 0 Å². The lowest BCUT2D eigenvalue weighted by Gasteiger charge is -2.30.